The molecule has 0 aliphatic heterocycles. The molecule has 0 saturated heterocycles. The predicted molar refractivity (Wildman–Crippen MR) is 90.6 cm³/mol. The Morgan fingerprint density at radius 2 is 1.85 bits per heavy atom. The van der Waals surface area contributed by atoms with E-state index in [-0.39, 0.29) is 0 Å². The van der Waals surface area contributed by atoms with E-state index < -0.39 is 0 Å². The second-order valence-electron chi connectivity index (χ2n) is 4.08. The molecule has 4 heteroatoms. The first kappa shape index (κ1) is 14.8. The SMILES string of the molecule is CCOc1ccc(C=Nc2ccc(I)cc2)cc1OC. The van der Waals surface area contributed by atoms with Gasteiger partial charge in [-0.2, -0.15) is 0 Å². The van der Waals surface area contributed by atoms with Crippen LogP contribution in [0.25, 0.3) is 0 Å². The largest absolute Gasteiger partial charge is 0.493 e. The molecule has 104 valence electrons. The van der Waals surface area contributed by atoms with Crippen molar-refractivity contribution >= 4 is 34.5 Å². The Hall–Kier alpha value is -1.56. The maximum Gasteiger partial charge on any atom is 0.161 e. The van der Waals surface area contributed by atoms with Crippen LogP contribution >= 0.6 is 22.6 Å². The van der Waals surface area contributed by atoms with Crippen LogP contribution in [0.2, 0.25) is 0 Å². The van der Waals surface area contributed by atoms with Crippen LogP contribution in [0.4, 0.5) is 5.69 Å². The lowest BCUT2D eigenvalue weighted by Gasteiger charge is -2.09. The Balaban J connectivity index is 2.18. The number of aliphatic imine (C=N–C) groups is 1. The molecule has 0 amide bonds. The lowest BCUT2D eigenvalue weighted by molar-refractivity contribution is 0.311. The van der Waals surface area contributed by atoms with Gasteiger partial charge in [0.1, 0.15) is 0 Å². The van der Waals surface area contributed by atoms with Crippen LogP contribution in [-0.2, 0) is 0 Å². The Morgan fingerprint density at radius 3 is 2.50 bits per heavy atom. The van der Waals surface area contributed by atoms with Gasteiger partial charge in [-0.15, -0.1) is 0 Å². The number of hydrogen-bond acceptors (Lipinski definition) is 3. The zero-order chi connectivity index (χ0) is 14.4. The van der Waals surface area contributed by atoms with E-state index >= 15 is 0 Å². The average Bonchev–Trinajstić information content (AvgIpc) is 2.48. The molecule has 2 rings (SSSR count). The molecule has 0 fully saturated rings. The van der Waals surface area contributed by atoms with E-state index in [4.69, 9.17) is 9.47 Å². The molecule has 0 unspecified atom stereocenters. The molecule has 0 aliphatic carbocycles. The second kappa shape index (κ2) is 7.28. The van der Waals surface area contributed by atoms with Gasteiger partial charge in [-0.3, -0.25) is 4.99 Å². The molecule has 2 aromatic rings. The van der Waals surface area contributed by atoms with Gasteiger partial charge in [-0.1, -0.05) is 0 Å². The van der Waals surface area contributed by atoms with E-state index in [0.717, 1.165) is 22.7 Å². The summed E-state index contributed by atoms with van der Waals surface area (Å²) in [5, 5.41) is 0. The summed E-state index contributed by atoms with van der Waals surface area (Å²) in [4.78, 5) is 4.44. The van der Waals surface area contributed by atoms with Crippen LogP contribution in [0.5, 0.6) is 11.5 Å². The van der Waals surface area contributed by atoms with Crippen LogP contribution in [0.3, 0.4) is 0 Å². The van der Waals surface area contributed by atoms with Crippen molar-refractivity contribution in [2.24, 2.45) is 4.99 Å². The van der Waals surface area contributed by atoms with Crippen molar-refractivity contribution in [1.29, 1.82) is 0 Å². The number of halogens is 1. The van der Waals surface area contributed by atoms with Gasteiger partial charge in [0.2, 0.25) is 0 Å². The highest BCUT2D eigenvalue weighted by Crippen LogP contribution is 2.27. The first-order chi connectivity index (χ1) is 9.72. The molecule has 0 radical (unpaired) electrons. The van der Waals surface area contributed by atoms with Crippen molar-refractivity contribution in [3.63, 3.8) is 0 Å². The molecule has 20 heavy (non-hydrogen) atoms. The molecule has 0 aromatic heterocycles. The fourth-order valence-electron chi connectivity index (χ4n) is 1.72. The Morgan fingerprint density at radius 1 is 1.10 bits per heavy atom. The minimum Gasteiger partial charge on any atom is -0.493 e. The summed E-state index contributed by atoms with van der Waals surface area (Å²) < 4.78 is 12.0. The van der Waals surface area contributed by atoms with Crippen molar-refractivity contribution in [1.82, 2.24) is 0 Å². The maximum atomic E-state index is 5.49. The summed E-state index contributed by atoms with van der Waals surface area (Å²) in [5.74, 6) is 1.47. The Kier molecular flexibility index (Phi) is 5.40. The highest BCUT2D eigenvalue weighted by Gasteiger charge is 2.03. The summed E-state index contributed by atoms with van der Waals surface area (Å²) in [7, 11) is 1.64. The van der Waals surface area contributed by atoms with Crippen molar-refractivity contribution in [3.05, 3.63) is 51.6 Å². The van der Waals surface area contributed by atoms with Gasteiger partial charge in [-0.25, -0.2) is 0 Å². The zero-order valence-electron chi connectivity index (χ0n) is 11.5. The van der Waals surface area contributed by atoms with E-state index in [1.165, 1.54) is 3.57 Å². The summed E-state index contributed by atoms with van der Waals surface area (Å²) >= 11 is 2.27. The molecule has 0 bridgehead atoms. The molecule has 0 heterocycles. The van der Waals surface area contributed by atoms with Gasteiger partial charge in [0.15, 0.2) is 11.5 Å². The molecule has 0 N–H and O–H groups in total. The predicted octanol–water partition coefficient (Wildman–Crippen LogP) is 4.45. The maximum absolute atomic E-state index is 5.49. The summed E-state index contributed by atoms with van der Waals surface area (Å²) in [5.41, 5.74) is 1.90. The zero-order valence-corrected chi connectivity index (χ0v) is 13.6. The molecule has 2 aromatic carbocycles. The number of rotatable bonds is 5. The monoisotopic (exact) mass is 381 g/mol. The van der Waals surface area contributed by atoms with E-state index in [0.29, 0.717) is 6.61 Å². The van der Waals surface area contributed by atoms with Gasteiger partial charge in [-0.05, 0) is 77.5 Å². The van der Waals surface area contributed by atoms with Crippen molar-refractivity contribution in [2.45, 2.75) is 6.92 Å². The third kappa shape index (κ3) is 3.96. The lowest BCUT2D eigenvalue weighted by atomic mass is 10.2. The smallest absolute Gasteiger partial charge is 0.161 e. The van der Waals surface area contributed by atoms with Gasteiger partial charge in [0.05, 0.1) is 19.4 Å². The molecule has 0 atom stereocenters. The minimum atomic E-state index is 0.618. The molecule has 0 aliphatic rings. The van der Waals surface area contributed by atoms with Crippen molar-refractivity contribution < 1.29 is 9.47 Å². The normalized spacial score (nSPS) is 10.8. The third-order valence-electron chi connectivity index (χ3n) is 2.68. The molecule has 0 saturated carbocycles. The quantitative estimate of drug-likeness (QED) is 0.566. The Labute approximate surface area is 132 Å². The first-order valence-corrected chi connectivity index (χ1v) is 7.41. The van der Waals surface area contributed by atoms with Crippen LogP contribution in [0.15, 0.2) is 47.5 Å². The van der Waals surface area contributed by atoms with E-state index in [9.17, 15) is 0 Å². The van der Waals surface area contributed by atoms with Crippen LogP contribution in [0.1, 0.15) is 12.5 Å². The number of nitrogens with zero attached hydrogens (tertiary/aromatic N) is 1. The average molecular weight is 381 g/mol. The summed E-state index contributed by atoms with van der Waals surface area (Å²) in [6, 6.07) is 13.8. The van der Waals surface area contributed by atoms with E-state index in [2.05, 4.69) is 27.6 Å². The molecular formula is C16H16INO2. The Bertz CT molecular complexity index is 594. The highest BCUT2D eigenvalue weighted by molar-refractivity contribution is 14.1. The summed E-state index contributed by atoms with van der Waals surface area (Å²) in [6.07, 6.45) is 1.82. The van der Waals surface area contributed by atoms with Gasteiger partial charge in [0.25, 0.3) is 0 Å². The van der Waals surface area contributed by atoms with Crippen molar-refractivity contribution in [3.8, 4) is 11.5 Å². The van der Waals surface area contributed by atoms with Crippen LogP contribution < -0.4 is 9.47 Å². The van der Waals surface area contributed by atoms with Crippen LogP contribution in [0, 0.1) is 3.57 Å². The number of methoxy groups -OCH3 is 1. The number of hydrogen-bond donors (Lipinski definition) is 0. The number of benzene rings is 2. The second-order valence-corrected chi connectivity index (χ2v) is 5.32. The van der Waals surface area contributed by atoms with Gasteiger partial charge >= 0.3 is 0 Å². The lowest BCUT2D eigenvalue weighted by Crippen LogP contribution is -1.96. The fourth-order valence-corrected chi connectivity index (χ4v) is 2.08. The highest BCUT2D eigenvalue weighted by atomic mass is 127. The standard InChI is InChI=1S/C16H16INO2/c1-3-20-15-9-4-12(10-16(15)19-2)11-18-14-7-5-13(17)6-8-14/h4-11H,3H2,1-2H3. The van der Waals surface area contributed by atoms with E-state index in [1.54, 1.807) is 7.11 Å². The molecule has 0 spiro atoms. The van der Waals surface area contributed by atoms with Crippen LogP contribution in [-0.4, -0.2) is 19.9 Å². The number of ether oxygens (including phenoxy) is 2. The fraction of sp³-hybridized carbons (Fsp3) is 0.188. The topological polar surface area (TPSA) is 30.8 Å². The van der Waals surface area contributed by atoms with Crippen molar-refractivity contribution in [2.75, 3.05) is 13.7 Å². The molecule has 3 nitrogen and oxygen atoms in total. The van der Waals surface area contributed by atoms with Gasteiger partial charge < -0.3 is 9.47 Å². The first-order valence-electron chi connectivity index (χ1n) is 6.33. The third-order valence-corrected chi connectivity index (χ3v) is 3.40. The molecular weight excluding hydrogens is 365 g/mol. The summed E-state index contributed by atoms with van der Waals surface area (Å²) in [6.45, 7) is 2.57. The van der Waals surface area contributed by atoms with E-state index in [1.807, 2.05) is 55.6 Å². The minimum absolute atomic E-state index is 0.618. The van der Waals surface area contributed by atoms with Gasteiger partial charge in [0, 0.05) is 9.78 Å².